The molecule has 0 atom stereocenters. The molecule has 2 amide bonds. The first-order valence-electron chi connectivity index (χ1n) is 4.44. The topological polar surface area (TPSA) is 118 Å². The molecule has 0 fully saturated rings. The lowest BCUT2D eigenvalue weighted by Crippen LogP contribution is -2.23. The van der Waals surface area contributed by atoms with Crippen molar-refractivity contribution in [1.82, 2.24) is 0 Å². The molecule has 0 aliphatic heterocycles. The van der Waals surface area contributed by atoms with E-state index in [1.807, 2.05) is 0 Å². The fraction of sp³-hybridized carbons (Fsp3) is 0. The van der Waals surface area contributed by atoms with Crippen molar-refractivity contribution in [3.63, 3.8) is 0 Å². The van der Waals surface area contributed by atoms with Gasteiger partial charge in [-0.25, -0.2) is 4.79 Å². The highest BCUT2D eigenvalue weighted by molar-refractivity contribution is 6.44. The molecule has 86 valence electrons. The lowest BCUT2D eigenvalue weighted by molar-refractivity contribution is -0.112. The molecule has 0 aliphatic rings. The van der Waals surface area contributed by atoms with Gasteiger partial charge >= 0.3 is 6.09 Å². The van der Waals surface area contributed by atoms with E-state index in [-0.39, 0.29) is 0 Å². The van der Waals surface area contributed by atoms with Crippen LogP contribution in [0.1, 0.15) is 0 Å². The maximum Gasteiger partial charge on any atom is 0.437 e. The van der Waals surface area contributed by atoms with Crippen LogP contribution in [0.3, 0.4) is 0 Å². The third-order valence-electron chi connectivity index (χ3n) is 1.58. The Bertz CT molecular complexity index is 490. The van der Waals surface area contributed by atoms with Gasteiger partial charge in [-0.15, -0.1) is 0 Å². The minimum atomic E-state index is -1.07. The summed E-state index contributed by atoms with van der Waals surface area (Å²) in [4.78, 5) is 26.0. The summed E-state index contributed by atoms with van der Waals surface area (Å²) in [6.07, 6.45) is -0.926. The summed E-state index contributed by atoms with van der Waals surface area (Å²) in [7, 11) is 0. The maximum atomic E-state index is 11.2. The van der Waals surface area contributed by atoms with Crippen LogP contribution in [0, 0.1) is 11.3 Å². The van der Waals surface area contributed by atoms with E-state index in [4.69, 9.17) is 11.0 Å². The molecular formula is C10H8N4O3. The minimum Gasteiger partial charge on any atom is -0.364 e. The number of carbonyl (C=O) groups is 2. The van der Waals surface area contributed by atoms with Crippen LogP contribution < -0.4 is 11.1 Å². The second-order valence-electron chi connectivity index (χ2n) is 2.79. The Morgan fingerprint density at radius 2 is 2.00 bits per heavy atom. The first kappa shape index (κ1) is 12.2. The number of nitrogens with one attached hydrogen (secondary N) is 1. The first-order valence-corrected chi connectivity index (χ1v) is 4.44. The third kappa shape index (κ3) is 4.01. The van der Waals surface area contributed by atoms with Crippen molar-refractivity contribution in [2.45, 2.75) is 0 Å². The summed E-state index contributed by atoms with van der Waals surface area (Å²) in [6.45, 7) is 0. The molecular weight excluding hydrogens is 224 g/mol. The summed E-state index contributed by atoms with van der Waals surface area (Å²) >= 11 is 0. The van der Waals surface area contributed by atoms with Crippen LogP contribution in [-0.4, -0.2) is 17.7 Å². The normalized spacial score (nSPS) is 10.2. The predicted octanol–water partition coefficient (Wildman–Crippen LogP) is 0.600. The maximum absolute atomic E-state index is 11.2. The molecule has 0 saturated heterocycles. The van der Waals surface area contributed by atoms with Crippen molar-refractivity contribution < 1.29 is 14.4 Å². The van der Waals surface area contributed by atoms with Crippen molar-refractivity contribution in [2.75, 3.05) is 5.32 Å². The van der Waals surface area contributed by atoms with E-state index in [1.54, 1.807) is 30.3 Å². The van der Waals surface area contributed by atoms with Gasteiger partial charge in [0.25, 0.3) is 5.91 Å². The van der Waals surface area contributed by atoms with Crippen molar-refractivity contribution >= 4 is 23.4 Å². The predicted molar refractivity (Wildman–Crippen MR) is 58.8 cm³/mol. The summed E-state index contributed by atoms with van der Waals surface area (Å²) < 4.78 is 0. The Labute approximate surface area is 96.5 Å². The molecule has 0 spiro atoms. The van der Waals surface area contributed by atoms with Gasteiger partial charge in [0.1, 0.15) is 6.07 Å². The van der Waals surface area contributed by atoms with Gasteiger partial charge in [0.15, 0.2) is 0 Å². The fourth-order valence-electron chi connectivity index (χ4n) is 0.870. The molecule has 0 heterocycles. The highest BCUT2D eigenvalue weighted by Gasteiger charge is 2.08. The van der Waals surface area contributed by atoms with Crippen molar-refractivity contribution in [3.8, 4) is 6.07 Å². The standard InChI is InChI=1S/C10H8N4O3/c11-6-8(9(12)15)14-17-10(16)13-7-4-2-1-3-5-7/h1-5H,(H2,12,15)(H,13,16). The monoisotopic (exact) mass is 232 g/mol. The molecule has 3 N–H and O–H groups in total. The van der Waals surface area contributed by atoms with Crippen LogP contribution in [0.25, 0.3) is 0 Å². The second kappa shape index (κ2) is 5.87. The number of oxime groups is 1. The molecule has 0 radical (unpaired) electrons. The number of carbonyl (C=O) groups excluding carboxylic acids is 2. The Kier molecular flexibility index (Phi) is 4.21. The van der Waals surface area contributed by atoms with E-state index < -0.39 is 17.7 Å². The van der Waals surface area contributed by atoms with Crippen molar-refractivity contribution in [3.05, 3.63) is 30.3 Å². The summed E-state index contributed by atoms with van der Waals surface area (Å²) in [5, 5.41) is 13.7. The number of primary amides is 1. The Hall–Kier alpha value is -2.88. The van der Waals surface area contributed by atoms with Crippen LogP contribution in [0.5, 0.6) is 0 Å². The number of nitriles is 1. The van der Waals surface area contributed by atoms with Crippen molar-refractivity contribution in [2.24, 2.45) is 10.9 Å². The highest BCUT2D eigenvalue weighted by atomic mass is 16.7. The molecule has 1 rings (SSSR count). The van der Waals surface area contributed by atoms with Crippen molar-refractivity contribution in [1.29, 1.82) is 5.26 Å². The molecule has 0 aromatic heterocycles. The number of hydrogen-bond donors (Lipinski definition) is 2. The Morgan fingerprint density at radius 3 is 2.53 bits per heavy atom. The SMILES string of the molecule is N#CC(=NOC(=O)Nc1ccccc1)C(N)=O. The minimum absolute atomic E-state index is 0.491. The fourth-order valence-corrected chi connectivity index (χ4v) is 0.870. The van der Waals surface area contributed by atoms with E-state index in [9.17, 15) is 9.59 Å². The first-order chi connectivity index (χ1) is 8.13. The number of para-hydroxylation sites is 1. The van der Waals surface area contributed by atoms with Crippen LogP contribution in [0.2, 0.25) is 0 Å². The van der Waals surface area contributed by atoms with Crippen LogP contribution in [0.15, 0.2) is 35.5 Å². The van der Waals surface area contributed by atoms with Gasteiger partial charge in [-0.1, -0.05) is 23.4 Å². The number of hydrogen-bond acceptors (Lipinski definition) is 5. The Morgan fingerprint density at radius 1 is 1.35 bits per heavy atom. The van der Waals surface area contributed by atoms with Crippen LogP contribution in [0.4, 0.5) is 10.5 Å². The van der Waals surface area contributed by atoms with Gasteiger partial charge in [-0.2, -0.15) is 5.26 Å². The number of amides is 2. The van der Waals surface area contributed by atoms with Crippen LogP contribution >= 0.6 is 0 Å². The molecule has 17 heavy (non-hydrogen) atoms. The second-order valence-corrected chi connectivity index (χ2v) is 2.79. The zero-order chi connectivity index (χ0) is 12.7. The van der Waals surface area contributed by atoms with Gasteiger partial charge in [-0.05, 0) is 12.1 Å². The molecule has 7 nitrogen and oxygen atoms in total. The van der Waals surface area contributed by atoms with Gasteiger partial charge < -0.3 is 5.73 Å². The third-order valence-corrected chi connectivity index (χ3v) is 1.58. The van der Waals surface area contributed by atoms with E-state index in [1.165, 1.54) is 6.07 Å². The Balaban J connectivity index is 2.57. The summed E-state index contributed by atoms with van der Waals surface area (Å²) in [5.74, 6) is -1.07. The highest BCUT2D eigenvalue weighted by Crippen LogP contribution is 2.05. The lowest BCUT2D eigenvalue weighted by atomic mass is 10.3. The van der Waals surface area contributed by atoms with E-state index in [2.05, 4.69) is 15.3 Å². The van der Waals surface area contributed by atoms with Gasteiger partial charge in [0.05, 0.1) is 0 Å². The average molecular weight is 232 g/mol. The zero-order valence-electron chi connectivity index (χ0n) is 8.58. The van der Waals surface area contributed by atoms with Gasteiger partial charge in [-0.3, -0.25) is 14.9 Å². The van der Waals surface area contributed by atoms with E-state index in [0.717, 1.165) is 0 Å². The molecule has 7 heteroatoms. The van der Waals surface area contributed by atoms with Gasteiger partial charge in [0, 0.05) is 5.69 Å². The molecule has 1 aromatic carbocycles. The average Bonchev–Trinajstić information content (AvgIpc) is 2.30. The van der Waals surface area contributed by atoms with E-state index >= 15 is 0 Å². The lowest BCUT2D eigenvalue weighted by Gasteiger charge is -2.01. The molecule has 1 aromatic rings. The molecule has 0 unspecified atom stereocenters. The smallest absolute Gasteiger partial charge is 0.364 e. The van der Waals surface area contributed by atoms with Crippen LogP contribution in [-0.2, 0) is 9.63 Å². The number of rotatable bonds is 3. The number of anilines is 1. The largest absolute Gasteiger partial charge is 0.437 e. The quantitative estimate of drug-likeness (QED) is 0.450. The molecule has 0 aliphatic carbocycles. The number of nitrogens with two attached hydrogens (primary N) is 1. The number of nitrogens with zero attached hydrogens (tertiary/aromatic N) is 2. The molecule has 0 saturated carbocycles. The summed E-state index contributed by atoms with van der Waals surface area (Å²) in [5.41, 5.74) is 4.59. The number of benzene rings is 1. The van der Waals surface area contributed by atoms with E-state index in [0.29, 0.717) is 5.69 Å². The zero-order valence-corrected chi connectivity index (χ0v) is 8.58. The summed E-state index contributed by atoms with van der Waals surface area (Å²) in [6, 6.07) is 9.85. The van der Waals surface area contributed by atoms with Gasteiger partial charge in [0.2, 0.25) is 5.71 Å². The molecule has 0 bridgehead atoms.